The van der Waals surface area contributed by atoms with Crippen LogP contribution in [0.4, 0.5) is 0 Å². The van der Waals surface area contributed by atoms with Gasteiger partial charge >= 0.3 is 0 Å². The summed E-state index contributed by atoms with van der Waals surface area (Å²) in [6.45, 7) is 9.04. The molecule has 0 atom stereocenters. The van der Waals surface area contributed by atoms with Gasteiger partial charge in [0.2, 0.25) is 0 Å². The molecule has 2 heteroatoms. The number of rotatable bonds is 3. The molecule has 0 saturated carbocycles. The van der Waals surface area contributed by atoms with Gasteiger partial charge in [0.05, 0.1) is 6.61 Å². The van der Waals surface area contributed by atoms with E-state index in [1.807, 2.05) is 19.1 Å². The smallest absolute Gasteiger partial charge is 0.160 e. The third kappa shape index (κ3) is 3.15. The zero-order valence-electron chi connectivity index (χ0n) is 10.0. The molecule has 0 fully saturated rings. The van der Waals surface area contributed by atoms with Crippen LogP contribution in [0.25, 0.3) is 0 Å². The number of phenolic OH excluding ortho intramolecular Hbond substituents is 1. The molecule has 0 amide bonds. The molecule has 1 rings (SSSR count). The van der Waals surface area contributed by atoms with Crippen molar-refractivity contribution in [2.24, 2.45) is 0 Å². The van der Waals surface area contributed by atoms with Gasteiger partial charge in [0, 0.05) is 0 Å². The minimum absolute atomic E-state index is 0.0563. The molecule has 1 aromatic rings. The van der Waals surface area contributed by atoms with Crippen molar-refractivity contribution in [2.75, 3.05) is 6.61 Å². The van der Waals surface area contributed by atoms with Crippen LogP contribution in [0, 0.1) is 0 Å². The van der Waals surface area contributed by atoms with Crippen LogP contribution >= 0.6 is 0 Å². The summed E-state index contributed by atoms with van der Waals surface area (Å²) < 4.78 is 5.40. The maximum atomic E-state index is 9.76. The number of phenols is 1. The van der Waals surface area contributed by atoms with E-state index in [2.05, 4.69) is 20.8 Å². The van der Waals surface area contributed by atoms with Gasteiger partial charge in [-0.25, -0.2) is 0 Å². The summed E-state index contributed by atoms with van der Waals surface area (Å²) in [5.41, 5.74) is 1.17. The molecule has 0 spiro atoms. The summed E-state index contributed by atoms with van der Waals surface area (Å²) in [6.07, 6.45) is 0.945. The van der Waals surface area contributed by atoms with Crippen LogP contribution < -0.4 is 4.74 Å². The summed E-state index contributed by atoms with van der Waals surface area (Å²) in [5.74, 6) is 0.806. The van der Waals surface area contributed by atoms with Gasteiger partial charge < -0.3 is 9.84 Å². The fourth-order valence-electron chi connectivity index (χ4n) is 1.32. The lowest BCUT2D eigenvalue weighted by atomic mass is 9.87. The summed E-state index contributed by atoms with van der Waals surface area (Å²) in [6, 6.07) is 5.63. The van der Waals surface area contributed by atoms with Gasteiger partial charge in [-0.1, -0.05) is 33.8 Å². The summed E-state index contributed by atoms with van der Waals surface area (Å²) in [7, 11) is 0. The molecule has 0 aliphatic carbocycles. The van der Waals surface area contributed by atoms with Gasteiger partial charge in [0.1, 0.15) is 0 Å². The van der Waals surface area contributed by atoms with Crippen LogP contribution in [0.2, 0.25) is 0 Å². The second-order valence-corrected chi connectivity index (χ2v) is 4.78. The fraction of sp³-hybridized carbons (Fsp3) is 0.538. The lowest BCUT2D eigenvalue weighted by Crippen LogP contribution is -2.10. The Morgan fingerprint density at radius 3 is 2.40 bits per heavy atom. The maximum Gasteiger partial charge on any atom is 0.160 e. The average Bonchev–Trinajstić information content (AvgIpc) is 2.14. The highest BCUT2D eigenvalue weighted by Crippen LogP contribution is 2.32. The second kappa shape index (κ2) is 4.56. The van der Waals surface area contributed by atoms with E-state index in [1.165, 1.54) is 0 Å². The van der Waals surface area contributed by atoms with Crippen molar-refractivity contribution in [1.29, 1.82) is 0 Å². The number of hydrogen-bond acceptors (Lipinski definition) is 2. The highest BCUT2D eigenvalue weighted by atomic mass is 16.5. The lowest BCUT2D eigenvalue weighted by molar-refractivity contribution is 0.299. The second-order valence-electron chi connectivity index (χ2n) is 4.78. The van der Waals surface area contributed by atoms with Crippen molar-refractivity contribution >= 4 is 0 Å². The Morgan fingerprint density at radius 1 is 1.27 bits per heavy atom. The van der Waals surface area contributed by atoms with E-state index in [1.54, 1.807) is 6.07 Å². The van der Waals surface area contributed by atoms with Crippen LogP contribution in [0.1, 0.15) is 39.7 Å². The number of ether oxygens (including phenoxy) is 1. The first-order valence-electron chi connectivity index (χ1n) is 5.41. The van der Waals surface area contributed by atoms with E-state index < -0.39 is 0 Å². The molecule has 0 unspecified atom stereocenters. The van der Waals surface area contributed by atoms with E-state index in [9.17, 15) is 5.11 Å². The van der Waals surface area contributed by atoms with E-state index >= 15 is 0 Å². The highest BCUT2D eigenvalue weighted by Gasteiger charge is 2.15. The summed E-state index contributed by atoms with van der Waals surface area (Å²) in [5, 5.41) is 9.76. The van der Waals surface area contributed by atoms with E-state index in [-0.39, 0.29) is 11.2 Å². The molecule has 0 aliphatic heterocycles. The topological polar surface area (TPSA) is 29.5 Å². The Labute approximate surface area is 91.9 Å². The Kier molecular flexibility index (Phi) is 3.61. The Morgan fingerprint density at radius 2 is 1.93 bits per heavy atom. The summed E-state index contributed by atoms with van der Waals surface area (Å²) >= 11 is 0. The van der Waals surface area contributed by atoms with Crippen molar-refractivity contribution in [2.45, 2.75) is 39.5 Å². The minimum Gasteiger partial charge on any atom is -0.504 e. The van der Waals surface area contributed by atoms with E-state index in [0.29, 0.717) is 12.4 Å². The van der Waals surface area contributed by atoms with E-state index in [4.69, 9.17) is 4.74 Å². The molecule has 1 aromatic carbocycles. The van der Waals surface area contributed by atoms with E-state index in [0.717, 1.165) is 12.0 Å². The average molecular weight is 208 g/mol. The molecule has 0 aliphatic rings. The van der Waals surface area contributed by atoms with Crippen molar-refractivity contribution < 1.29 is 9.84 Å². The predicted octanol–water partition coefficient (Wildman–Crippen LogP) is 3.48. The third-order valence-corrected chi connectivity index (χ3v) is 2.29. The van der Waals surface area contributed by atoms with Gasteiger partial charge in [-0.2, -0.15) is 0 Å². The quantitative estimate of drug-likeness (QED) is 0.824. The highest BCUT2D eigenvalue weighted by molar-refractivity contribution is 5.43. The Hall–Kier alpha value is -1.18. The zero-order valence-corrected chi connectivity index (χ0v) is 10.0. The SMILES string of the molecule is CCCOc1ccc(C(C)(C)C)cc1O. The van der Waals surface area contributed by atoms with Crippen LogP contribution in [-0.4, -0.2) is 11.7 Å². The molecular formula is C13H20O2. The van der Waals surface area contributed by atoms with Gasteiger partial charge in [-0.15, -0.1) is 0 Å². The normalized spacial score (nSPS) is 11.5. The molecule has 0 radical (unpaired) electrons. The number of benzene rings is 1. The van der Waals surface area contributed by atoms with Crippen molar-refractivity contribution in [3.8, 4) is 11.5 Å². The van der Waals surface area contributed by atoms with Crippen LogP contribution in [0.3, 0.4) is 0 Å². The molecule has 1 N–H and O–H groups in total. The molecule has 0 heterocycles. The van der Waals surface area contributed by atoms with Crippen molar-refractivity contribution in [1.82, 2.24) is 0 Å². The standard InChI is InChI=1S/C13H20O2/c1-5-8-15-12-7-6-10(9-11(12)14)13(2,3)4/h6-7,9,14H,5,8H2,1-4H3. The first kappa shape index (κ1) is 11.9. The summed E-state index contributed by atoms with van der Waals surface area (Å²) in [4.78, 5) is 0. The van der Waals surface area contributed by atoms with Crippen LogP contribution in [0.15, 0.2) is 18.2 Å². The first-order valence-corrected chi connectivity index (χ1v) is 5.41. The molecule has 15 heavy (non-hydrogen) atoms. The van der Waals surface area contributed by atoms with Crippen molar-refractivity contribution in [3.05, 3.63) is 23.8 Å². The Balaban J connectivity index is 2.88. The molecule has 84 valence electrons. The maximum absolute atomic E-state index is 9.76. The monoisotopic (exact) mass is 208 g/mol. The van der Waals surface area contributed by atoms with Gasteiger partial charge in [0.15, 0.2) is 11.5 Å². The molecule has 0 saturated heterocycles. The number of aromatic hydroxyl groups is 1. The third-order valence-electron chi connectivity index (χ3n) is 2.29. The minimum atomic E-state index is 0.0563. The van der Waals surface area contributed by atoms with Gasteiger partial charge in [0.25, 0.3) is 0 Å². The van der Waals surface area contributed by atoms with Gasteiger partial charge in [-0.3, -0.25) is 0 Å². The van der Waals surface area contributed by atoms with Crippen LogP contribution in [-0.2, 0) is 5.41 Å². The Bertz CT molecular complexity index is 324. The van der Waals surface area contributed by atoms with Crippen molar-refractivity contribution in [3.63, 3.8) is 0 Å². The molecular weight excluding hydrogens is 188 g/mol. The fourth-order valence-corrected chi connectivity index (χ4v) is 1.32. The lowest BCUT2D eigenvalue weighted by Gasteiger charge is -2.19. The molecule has 2 nitrogen and oxygen atoms in total. The zero-order chi connectivity index (χ0) is 11.5. The van der Waals surface area contributed by atoms with Gasteiger partial charge in [-0.05, 0) is 29.5 Å². The van der Waals surface area contributed by atoms with Crippen LogP contribution in [0.5, 0.6) is 11.5 Å². The molecule has 0 aromatic heterocycles. The molecule has 0 bridgehead atoms. The number of hydrogen-bond donors (Lipinski definition) is 1. The predicted molar refractivity (Wildman–Crippen MR) is 62.6 cm³/mol. The largest absolute Gasteiger partial charge is 0.504 e. The first-order chi connectivity index (χ1) is 6.95.